The molecule has 28 heavy (non-hydrogen) atoms. The second-order valence-corrected chi connectivity index (χ2v) is 6.70. The van der Waals surface area contributed by atoms with Gasteiger partial charge in [-0.15, -0.1) is 0 Å². The molecule has 8 heteroatoms. The highest BCUT2D eigenvalue weighted by atomic mass is 16.5. The number of likely N-dealkylation sites (tertiary alicyclic amines) is 1. The van der Waals surface area contributed by atoms with Crippen molar-refractivity contribution in [1.29, 1.82) is 0 Å². The maximum atomic E-state index is 12.8. The number of amides is 3. The monoisotopic (exact) mass is 393 g/mol. The molecule has 1 saturated heterocycles. The Morgan fingerprint density at radius 3 is 2.18 bits per heavy atom. The number of nitrogens with zero attached hydrogens (tertiary/aromatic N) is 1. The largest absolute Gasteiger partial charge is 0.493 e. The Morgan fingerprint density at radius 1 is 1.04 bits per heavy atom. The number of rotatable bonds is 8. The lowest BCUT2D eigenvalue weighted by Crippen LogP contribution is -2.40. The molecule has 0 aliphatic carbocycles. The van der Waals surface area contributed by atoms with Gasteiger partial charge in [-0.25, -0.2) is 4.79 Å². The van der Waals surface area contributed by atoms with Crippen molar-refractivity contribution in [2.45, 2.75) is 26.2 Å². The number of carbonyl (C=O) groups excluding carboxylic acids is 2. The van der Waals surface area contributed by atoms with Crippen molar-refractivity contribution in [2.24, 2.45) is 5.92 Å². The van der Waals surface area contributed by atoms with Crippen molar-refractivity contribution in [3.8, 4) is 17.2 Å². The fourth-order valence-corrected chi connectivity index (χ4v) is 3.53. The Hall–Kier alpha value is -2.64. The summed E-state index contributed by atoms with van der Waals surface area (Å²) in [4.78, 5) is 26.8. The molecule has 0 bridgehead atoms. The van der Waals surface area contributed by atoms with E-state index in [2.05, 4.69) is 10.6 Å². The molecule has 156 valence electrons. The Balaban J connectivity index is 2.40. The number of methoxy groups -OCH3 is 3. The van der Waals surface area contributed by atoms with Gasteiger partial charge < -0.3 is 29.7 Å². The number of ether oxygens (including phenoxy) is 3. The summed E-state index contributed by atoms with van der Waals surface area (Å²) in [5.74, 6) is 0.985. The Kier molecular flexibility index (Phi) is 7.78. The molecule has 3 amide bonds. The van der Waals surface area contributed by atoms with Crippen LogP contribution in [0.25, 0.3) is 0 Å². The van der Waals surface area contributed by atoms with E-state index in [1.54, 1.807) is 26.2 Å². The molecule has 1 aromatic rings. The van der Waals surface area contributed by atoms with Gasteiger partial charge in [-0.05, 0) is 31.0 Å². The summed E-state index contributed by atoms with van der Waals surface area (Å²) in [5, 5.41) is 5.77. The number of nitrogens with one attached hydrogen (secondary N) is 2. The maximum Gasteiger partial charge on any atom is 0.317 e. The van der Waals surface area contributed by atoms with Crippen LogP contribution in [0.1, 0.15) is 31.7 Å². The molecule has 0 aromatic heterocycles. The SMILES string of the molecule is CCCNC(=O)[C@@H]1CN(C(=O)NCC)C[C@@H]1c1cc(OC)c(OC)c(OC)c1. The molecule has 1 aliphatic heterocycles. The second kappa shape index (κ2) is 10.1. The molecule has 1 aliphatic rings. The number of urea groups is 1. The first kappa shape index (κ1) is 21.7. The van der Waals surface area contributed by atoms with Crippen molar-refractivity contribution in [3.63, 3.8) is 0 Å². The van der Waals surface area contributed by atoms with E-state index >= 15 is 0 Å². The van der Waals surface area contributed by atoms with Gasteiger partial charge in [0.05, 0.1) is 27.2 Å². The van der Waals surface area contributed by atoms with E-state index in [0.29, 0.717) is 43.4 Å². The molecule has 0 saturated carbocycles. The zero-order chi connectivity index (χ0) is 20.7. The van der Waals surface area contributed by atoms with Gasteiger partial charge in [-0.3, -0.25) is 4.79 Å². The fraction of sp³-hybridized carbons (Fsp3) is 0.600. The Labute approximate surface area is 166 Å². The lowest BCUT2D eigenvalue weighted by atomic mass is 9.88. The van der Waals surface area contributed by atoms with Gasteiger partial charge in [0.2, 0.25) is 11.7 Å². The topological polar surface area (TPSA) is 89.1 Å². The van der Waals surface area contributed by atoms with Gasteiger partial charge >= 0.3 is 6.03 Å². The minimum Gasteiger partial charge on any atom is -0.493 e. The number of hydrogen-bond acceptors (Lipinski definition) is 5. The van der Waals surface area contributed by atoms with E-state index < -0.39 is 0 Å². The third-order valence-electron chi connectivity index (χ3n) is 4.94. The summed E-state index contributed by atoms with van der Waals surface area (Å²) in [7, 11) is 4.66. The van der Waals surface area contributed by atoms with Crippen LogP contribution in [0.4, 0.5) is 4.79 Å². The Bertz CT molecular complexity index is 669. The van der Waals surface area contributed by atoms with Gasteiger partial charge in [0, 0.05) is 32.1 Å². The van der Waals surface area contributed by atoms with Crippen LogP contribution in [-0.2, 0) is 4.79 Å². The van der Waals surface area contributed by atoms with Gasteiger partial charge in [-0.2, -0.15) is 0 Å². The first-order chi connectivity index (χ1) is 13.5. The van der Waals surface area contributed by atoms with Crippen LogP contribution in [0.3, 0.4) is 0 Å². The lowest BCUT2D eigenvalue weighted by Gasteiger charge is -2.21. The third-order valence-corrected chi connectivity index (χ3v) is 4.94. The molecular formula is C20H31N3O5. The van der Waals surface area contributed by atoms with Crippen LogP contribution >= 0.6 is 0 Å². The average Bonchev–Trinajstić information content (AvgIpc) is 3.16. The number of benzene rings is 1. The van der Waals surface area contributed by atoms with Crippen LogP contribution in [0.2, 0.25) is 0 Å². The highest BCUT2D eigenvalue weighted by molar-refractivity contribution is 5.83. The predicted molar refractivity (Wildman–Crippen MR) is 106 cm³/mol. The summed E-state index contributed by atoms with van der Waals surface area (Å²) in [6.07, 6.45) is 0.855. The Morgan fingerprint density at radius 2 is 1.68 bits per heavy atom. The van der Waals surface area contributed by atoms with Gasteiger partial charge in [-0.1, -0.05) is 6.92 Å². The van der Waals surface area contributed by atoms with E-state index in [1.807, 2.05) is 26.0 Å². The van der Waals surface area contributed by atoms with E-state index in [1.165, 1.54) is 0 Å². The third kappa shape index (κ3) is 4.61. The highest BCUT2D eigenvalue weighted by Crippen LogP contribution is 2.43. The van der Waals surface area contributed by atoms with Crippen LogP contribution in [-0.4, -0.2) is 64.3 Å². The summed E-state index contributed by atoms with van der Waals surface area (Å²) >= 11 is 0. The number of hydrogen-bond donors (Lipinski definition) is 2. The van der Waals surface area contributed by atoms with Gasteiger partial charge in [0.25, 0.3) is 0 Å². The van der Waals surface area contributed by atoms with Crippen molar-refractivity contribution < 1.29 is 23.8 Å². The predicted octanol–water partition coefficient (Wildman–Crippen LogP) is 1.98. The quantitative estimate of drug-likeness (QED) is 0.705. The molecular weight excluding hydrogens is 362 g/mol. The zero-order valence-electron chi connectivity index (χ0n) is 17.3. The molecule has 2 N–H and O–H groups in total. The zero-order valence-corrected chi connectivity index (χ0v) is 17.3. The lowest BCUT2D eigenvalue weighted by molar-refractivity contribution is -0.124. The van der Waals surface area contributed by atoms with Crippen molar-refractivity contribution in [3.05, 3.63) is 17.7 Å². The van der Waals surface area contributed by atoms with Gasteiger partial charge in [0.15, 0.2) is 11.5 Å². The van der Waals surface area contributed by atoms with Crippen LogP contribution in [0, 0.1) is 5.92 Å². The molecule has 1 fully saturated rings. The van der Waals surface area contributed by atoms with E-state index in [-0.39, 0.29) is 23.8 Å². The summed E-state index contributed by atoms with van der Waals surface area (Å²) < 4.78 is 16.3. The maximum absolute atomic E-state index is 12.8. The minimum atomic E-state index is -0.350. The van der Waals surface area contributed by atoms with Crippen LogP contribution < -0.4 is 24.8 Å². The fourth-order valence-electron chi connectivity index (χ4n) is 3.53. The first-order valence-corrected chi connectivity index (χ1v) is 9.60. The van der Waals surface area contributed by atoms with Crippen molar-refractivity contribution in [2.75, 3.05) is 47.5 Å². The van der Waals surface area contributed by atoms with Crippen LogP contribution in [0.5, 0.6) is 17.2 Å². The van der Waals surface area contributed by atoms with Crippen molar-refractivity contribution >= 4 is 11.9 Å². The molecule has 8 nitrogen and oxygen atoms in total. The van der Waals surface area contributed by atoms with Crippen LogP contribution in [0.15, 0.2) is 12.1 Å². The smallest absolute Gasteiger partial charge is 0.317 e. The number of carbonyl (C=O) groups is 2. The summed E-state index contributed by atoms with van der Waals surface area (Å²) in [5.41, 5.74) is 0.873. The van der Waals surface area contributed by atoms with E-state index in [9.17, 15) is 9.59 Å². The first-order valence-electron chi connectivity index (χ1n) is 9.60. The second-order valence-electron chi connectivity index (χ2n) is 6.70. The molecule has 0 radical (unpaired) electrons. The standard InChI is InChI=1S/C20H31N3O5/c1-6-8-22-19(24)15-12-23(20(25)21-7-2)11-14(15)13-9-16(26-3)18(28-5)17(10-13)27-4/h9-10,14-15H,6-8,11-12H2,1-5H3,(H,21,25)(H,22,24)/t14-,15-/m1/s1. The molecule has 1 heterocycles. The molecule has 1 aromatic carbocycles. The highest BCUT2D eigenvalue weighted by Gasteiger charge is 2.41. The van der Waals surface area contributed by atoms with E-state index in [4.69, 9.17) is 14.2 Å². The molecule has 0 spiro atoms. The van der Waals surface area contributed by atoms with Crippen molar-refractivity contribution in [1.82, 2.24) is 15.5 Å². The molecule has 2 atom stereocenters. The summed E-state index contributed by atoms with van der Waals surface area (Å²) in [6.45, 7) is 5.83. The molecule has 2 rings (SSSR count). The van der Waals surface area contributed by atoms with E-state index in [0.717, 1.165) is 12.0 Å². The normalized spacial score (nSPS) is 18.5. The minimum absolute atomic E-state index is 0.0487. The molecule has 0 unspecified atom stereocenters. The summed E-state index contributed by atoms with van der Waals surface area (Å²) in [6, 6.07) is 3.55. The average molecular weight is 393 g/mol. The van der Waals surface area contributed by atoms with Gasteiger partial charge in [0.1, 0.15) is 0 Å².